The van der Waals surface area contributed by atoms with Gasteiger partial charge in [-0.2, -0.15) is 0 Å². The fraction of sp³-hybridized carbons (Fsp3) is 0. The SMILES string of the molecule is c1ccc(-c2c3ccccc3nc3ncncc23)cc1. The second kappa shape index (κ2) is 4.38. The molecule has 2 heterocycles. The number of hydrogen-bond donors (Lipinski definition) is 0. The molecule has 0 fully saturated rings. The van der Waals surface area contributed by atoms with E-state index in [2.05, 4.69) is 33.2 Å². The van der Waals surface area contributed by atoms with Crippen LogP contribution in [0.2, 0.25) is 0 Å². The second-order valence-corrected chi connectivity index (χ2v) is 4.63. The highest BCUT2D eigenvalue weighted by molar-refractivity contribution is 6.08. The van der Waals surface area contributed by atoms with Crippen LogP contribution in [0.4, 0.5) is 0 Å². The van der Waals surface area contributed by atoms with Gasteiger partial charge < -0.3 is 0 Å². The van der Waals surface area contributed by atoms with Crippen LogP contribution in [-0.4, -0.2) is 15.0 Å². The average Bonchev–Trinajstić information content (AvgIpc) is 2.53. The lowest BCUT2D eigenvalue weighted by Gasteiger charge is -2.09. The molecule has 0 aliphatic heterocycles. The molecule has 20 heavy (non-hydrogen) atoms. The van der Waals surface area contributed by atoms with Crippen molar-refractivity contribution in [3.63, 3.8) is 0 Å². The second-order valence-electron chi connectivity index (χ2n) is 4.63. The summed E-state index contributed by atoms with van der Waals surface area (Å²) in [7, 11) is 0. The molecule has 0 unspecified atom stereocenters. The third-order valence-corrected chi connectivity index (χ3v) is 3.42. The molecule has 0 bridgehead atoms. The number of pyridine rings is 1. The molecule has 0 saturated carbocycles. The number of aromatic nitrogens is 3. The van der Waals surface area contributed by atoms with Gasteiger partial charge in [-0.3, -0.25) is 0 Å². The summed E-state index contributed by atoms with van der Waals surface area (Å²) in [6.45, 7) is 0. The molecule has 0 aliphatic rings. The van der Waals surface area contributed by atoms with Gasteiger partial charge >= 0.3 is 0 Å². The molecular weight excluding hydrogens is 246 g/mol. The van der Waals surface area contributed by atoms with E-state index in [9.17, 15) is 0 Å². The molecule has 94 valence electrons. The quantitative estimate of drug-likeness (QED) is 0.486. The Balaban J connectivity index is 2.24. The van der Waals surface area contributed by atoms with Gasteiger partial charge in [-0.25, -0.2) is 15.0 Å². The summed E-state index contributed by atoms with van der Waals surface area (Å²) in [5.41, 5.74) is 3.99. The van der Waals surface area contributed by atoms with E-state index in [-0.39, 0.29) is 0 Å². The summed E-state index contributed by atoms with van der Waals surface area (Å²) >= 11 is 0. The molecule has 2 aromatic heterocycles. The van der Waals surface area contributed by atoms with E-state index >= 15 is 0 Å². The van der Waals surface area contributed by atoms with E-state index in [1.807, 2.05) is 42.6 Å². The largest absolute Gasteiger partial charge is 0.244 e. The van der Waals surface area contributed by atoms with E-state index in [4.69, 9.17) is 0 Å². The molecule has 0 aliphatic carbocycles. The predicted molar refractivity (Wildman–Crippen MR) is 80.3 cm³/mol. The number of fused-ring (bicyclic) bond motifs is 2. The molecule has 3 nitrogen and oxygen atoms in total. The third kappa shape index (κ3) is 1.64. The van der Waals surface area contributed by atoms with Gasteiger partial charge in [-0.15, -0.1) is 0 Å². The molecular formula is C17H11N3. The van der Waals surface area contributed by atoms with E-state index in [1.165, 1.54) is 0 Å². The number of nitrogens with zero attached hydrogens (tertiary/aromatic N) is 3. The first kappa shape index (κ1) is 11.1. The first-order valence-corrected chi connectivity index (χ1v) is 6.47. The molecule has 4 rings (SSSR count). The van der Waals surface area contributed by atoms with Gasteiger partial charge in [0.1, 0.15) is 6.33 Å². The van der Waals surface area contributed by atoms with Crippen LogP contribution in [-0.2, 0) is 0 Å². The zero-order chi connectivity index (χ0) is 13.4. The van der Waals surface area contributed by atoms with Crippen molar-refractivity contribution < 1.29 is 0 Å². The van der Waals surface area contributed by atoms with Crippen LogP contribution < -0.4 is 0 Å². The van der Waals surface area contributed by atoms with Crippen LogP contribution in [0.1, 0.15) is 0 Å². The van der Waals surface area contributed by atoms with Crippen LogP contribution in [0.15, 0.2) is 67.1 Å². The standard InChI is InChI=1S/C17H11N3/c1-2-6-12(7-3-1)16-13-8-4-5-9-15(13)20-17-14(16)10-18-11-19-17/h1-11H. The Morgan fingerprint density at radius 2 is 1.55 bits per heavy atom. The van der Waals surface area contributed by atoms with Crippen LogP contribution in [0.25, 0.3) is 33.1 Å². The van der Waals surface area contributed by atoms with E-state index in [0.29, 0.717) is 0 Å². The average molecular weight is 257 g/mol. The van der Waals surface area contributed by atoms with Crippen molar-refractivity contribution in [1.82, 2.24) is 15.0 Å². The zero-order valence-corrected chi connectivity index (χ0v) is 10.7. The highest BCUT2D eigenvalue weighted by Crippen LogP contribution is 2.33. The molecule has 0 spiro atoms. The molecule has 2 aromatic carbocycles. The lowest BCUT2D eigenvalue weighted by atomic mass is 9.98. The number of para-hydroxylation sites is 1. The Kier molecular flexibility index (Phi) is 2.42. The van der Waals surface area contributed by atoms with Crippen molar-refractivity contribution >= 4 is 21.9 Å². The van der Waals surface area contributed by atoms with Gasteiger partial charge in [0, 0.05) is 22.5 Å². The Labute approximate surface area is 116 Å². The Morgan fingerprint density at radius 1 is 0.750 bits per heavy atom. The predicted octanol–water partition coefficient (Wildman–Crippen LogP) is 3.85. The molecule has 0 saturated heterocycles. The summed E-state index contributed by atoms with van der Waals surface area (Å²) < 4.78 is 0. The van der Waals surface area contributed by atoms with Gasteiger partial charge in [0.15, 0.2) is 5.65 Å². The highest BCUT2D eigenvalue weighted by Gasteiger charge is 2.11. The Morgan fingerprint density at radius 3 is 2.45 bits per heavy atom. The zero-order valence-electron chi connectivity index (χ0n) is 10.7. The van der Waals surface area contributed by atoms with E-state index < -0.39 is 0 Å². The van der Waals surface area contributed by atoms with Crippen molar-refractivity contribution in [2.45, 2.75) is 0 Å². The van der Waals surface area contributed by atoms with Crippen LogP contribution in [0.5, 0.6) is 0 Å². The van der Waals surface area contributed by atoms with Crippen LogP contribution >= 0.6 is 0 Å². The minimum atomic E-state index is 0.734. The molecule has 0 radical (unpaired) electrons. The maximum absolute atomic E-state index is 4.61. The lowest BCUT2D eigenvalue weighted by molar-refractivity contribution is 1.19. The Hall–Kier alpha value is -2.81. The number of benzene rings is 2. The first-order chi connectivity index (χ1) is 9.93. The van der Waals surface area contributed by atoms with Crippen molar-refractivity contribution in [2.75, 3.05) is 0 Å². The van der Waals surface area contributed by atoms with Crippen molar-refractivity contribution in [3.05, 3.63) is 67.1 Å². The number of hydrogen-bond acceptors (Lipinski definition) is 3. The molecule has 0 atom stereocenters. The van der Waals surface area contributed by atoms with E-state index in [1.54, 1.807) is 6.33 Å². The highest BCUT2D eigenvalue weighted by atomic mass is 14.9. The van der Waals surface area contributed by atoms with Crippen LogP contribution in [0.3, 0.4) is 0 Å². The van der Waals surface area contributed by atoms with Crippen molar-refractivity contribution in [3.8, 4) is 11.1 Å². The minimum Gasteiger partial charge on any atom is -0.244 e. The molecule has 4 aromatic rings. The summed E-state index contributed by atoms with van der Waals surface area (Å²) in [4.78, 5) is 13.1. The smallest absolute Gasteiger partial charge is 0.163 e. The van der Waals surface area contributed by atoms with Gasteiger partial charge in [0.25, 0.3) is 0 Å². The maximum atomic E-state index is 4.61. The van der Waals surface area contributed by atoms with Crippen molar-refractivity contribution in [1.29, 1.82) is 0 Å². The molecule has 0 amide bonds. The molecule has 3 heteroatoms. The minimum absolute atomic E-state index is 0.734. The Bertz CT molecular complexity index is 847. The maximum Gasteiger partial charge on any atom is 0.163 e. The fourth-order valence-corrected chi connectivity index (χ4v) is 2.55. The first-order valence-electron chi connectivity index (χ1n) is 6.47. The fourth-order valence-electron chi connectivity index (χ4n) is 2.55. The van der Waals surface area contributed by atoms with Crippen molar-refractivity contribution in [2.24, 2.45) is 0 Å². The van der Waals surface area contributed by atoms with E-state index in [0.717, 1.165) is 33.1 Å². The van der Waals surface area contributed by atoms with Gasteiger partial charge in [0.2, 0.25) is 0 Å². The third-order valence-electron chi connectivity index (χ3n) is 3.42. The number of rotatable bonds is 1. The monoisotopic (exact) mass is 257 g/mol. The summed E-state index contributed by atoms with van der Waals surface area (Å²) in [6.07, 6.45) is 3.38. The molecule has 0 N–H and O–H groups in total. The van der Waals surface area contributed by atoms with Gasteiger partial charge in [-0.05, 0) is 11.6 Å². The summed E-state index contributed by atoms with van der Waals surface area (Å²) in [5, 5.41) is 2.11. The summed E-state index contributed by atoms with van der Waals surface area (Å²) in [6, 6.07) is 18.5. The summed E-state index contributed by atoms with van der Waals surface area (Å²) in [5.74, 6) is 0. The van der Waals surface area contributed by atoms with Gasteiger partial charge in [-0.1, -0.05) is 48.5 Å². The van der Waals surface area contributed by atoms with Crippen LogP contribution in [0, 0.1) is 0 Å². The lowest BCUT2D eigenvalue weighted by Crippen LogP contribution is -1.91. The van der Waals surface area contributed by atoms with Gasteiger partial charge in [0.05, 0.1) is 5.52 Å². The normalized spacial score (nSPS) is 11.0. The topological polar surface area (TPSA) is 38.7 Å².